The number of ether oxygens (including phenoxy) is 1. The summed E-state index contributed by atoms with van der Waals surface area (Å²) in [5.41, 5.74) is 1.72. The van der Waals surface area contributed by atoms with Crippen LogP contribution < -0.4 is 0 Å². The first-order valence-electron chi connectivity index (χ1n) is 7.03. The minimum absolute atomic E-state index is 0.506. The van der Waals surface area contributed by atoms with Gasteiger partial charge in [-0.2, -0.15) is 0 Å². The van der Waals surface area contributed by atoms with Crippen LogP contribution in [0.3, 0.4) is 0 Å². The molecule has 1 heterocycles. The van der Waals surface area contributed by atoms with Crippen LogP contribution in [-0.2, 0) is 4.74 Å². The van der Waals surface area contributed by atoms with Crippen molar-refractivity contribution in [1.82, 2.24) is 0 Å². The molecule has 0 aromatic rings. The standard InChI is InChI=1S/C15H26O/c1-12-3-6-14(7-4-12)9-10-15-8-5-13(2)16-11-15/h6,12-13,15H,3-5,7-11H2,1-2H3. The third-order valence-corrected chi connectivity index (χ3v) is 4.24. The molecule has 0 bridgehead atoms. The van der Waals surface area contributed by atoms with E-state index in [-0.39, 0.29) is 0 Å². The molecular formula is C15H26O. The first-order valence-corrected chi connectivity index (χ1v) is 7.03. The lowest BCUT2D eigenvalue weighted by molar-refractivity contribution is -0.00701. The molecule has 0 saturated carbocycles. The molecule has 0 aromatic heterocycles. The second-order valence-corrected chi connectivity index (χ2v) is 5.87. The van der Waals surface area contributed by atoms with Crippen molar-refractivity contribution in [1.29, 1.82) is 0 Å². The molecule has 2 aliphatic rings. The molecule has 0 radical (unpaired) electrons. The quantitative estimate of drug-likeness (QED) is 0.646. The van der Waals surface area contributed by atoms with E-state index in [1.54, 1.807) is 5.57 Å². The van der Waals surface area contributed by atoms with Gasteiger partial charge < -0.3 is 4.74 Å². The van der Waals surface area contributed by atoms with Crippen molar-refractivity contribution in [3.63, 3.8) is 0 Å². The average Bonchev–Trinajstić information content (AvgIpc) is 2.30. The van der Waals surface area contributed by atoms with Gasteiger partial charge >= 0.3 is 0 Å². The number of rotatable bonds is 3. The Labute approximate surface area is 100 Å². The van der Waals surface area contributed by atoms with Gasteiger partial charge in [-0.25, -0.2) is 0 Å². The Balaban J connectivity index is 1.67. The lowest BCUT2D eigenvalue weighted by Crippen LogP contribution is -2.23. The van der Waals surface area contributed by atoms with Crippen LogP contribution in [-0.4, -0.2) is 12.7 Å². The Bertz CT molecular complexity index is 236. The number of hydrogen-bond donors (Lipinski definition) is 0. The van der Waals surface area contributed by atoms with Gasteiger partial charge in [-0.1, -0.05) is 18.6 Å². The highest BCUT2D eigenvalue weighted by Crippen LogP contribution is 2.29. The molecule has 1 fully saturated rings. The van der Waals surface area contributed by atoms with Gasteiger partial charge in [0.05, 0.1) is 6.10 Å². The first-order chi connectivity index (χ1) is 7.74. The normalized spacial score (nSPS) is 35.9. The van der Waals surface area contributed by atoms with E-state index >= 15 is 0 Å². The minimum atomic E-state index is 0.506. The van der Waals surface area contributed by atoms with Crippen LogP contribution in [0.25, 0.3) is 0 Å². The van der Waals surface area contributed by atoms with Crippen LogP contribution in [0.15, 0.2) is 11.6 Å². The fourth-order valence-corrected chi connectivity index (χ4v) is 2.80. The molecule has 1 aliphatic carbocycles. The molecule has 1 saturated heterocycles. The summed E-state index contributed by atoms with van der Waals surface area (Å²) in [6, 6.07) is 0. The van der Waals surface area contributed by atoms with Crippen LogP contribution in [0, 0.1) is 11.8 Å². The molecule has 3 atom stereocenters. The summed E-state index contributed by atoms with van der Waals surface area (Å²) in [4.78, 5) is 0. The van der Waals surface area contributed by atoms with Crippen molar-refractivity contribution >= 4 is 0 Å². The van der Waals surface area contributed by atoms with Gasteiger partial charge in [-0.05, 0) is 63.7 Å². The number of allylic oxidation sites excluding steroid dienone is 2. The summed E-state index contributed by atoms with van der Waals surface area (Å²) in [6.07, 6.45) is 12.4. The Morgan fingerprint density at radius 3 is 2.75 bits per heavy atom. The Hall–Kier alpha value is -0.300. The molecular weight excluding hydrogens is 196 g/mol. The lowest BCUT2D eigenvalue weighted by atomic mass is 9.86. The van der Waals surface area contributed by atoms with Crippen LogP contribution in [0.1, 0.15) is 58.8 Å². The highest BCUT2D eigenvalue weighted by molar-refractivity contribution is 5.06. The Morgan fingerprint density at radius 2 is 2.12 bits per heavy atom. The van der Waals surface area contributed by atoms with Crippen molar-refractivity contribution in [3.8, 4) is 0 Å². The predicted molar refractivity (Wildman–Crippen MR) is 68.5 cm³/mol. The zero-order chi connectivity index (χ0) is 11.4. The molecule has 0 aromatic carbocycles. The summed E-state index contributed by atoms with van der Waals surface area (Å²) in [5, 5.41) is 0. The molecule has 2 rings (SSSR count). The van der Waals surface area contributed by atoms with E-state index < -0.39 is 0 Å². The molecule has 1 nitrogen and oxygen atoms in total. The van der Waals surface area contributed by atoms with E-state index in [2.05, 4.69) is 19.9 Å². The van der Waals surface area contributed by atoms with E-state index in [0.29, 0.717) is 6.10 Å². The molecule has 92 valence electrons. The van der Waals surface area contributed by atoms with Gasteiger partial charge in [0.15, 0.2) is 0 Å². The van der Waals surface area contributed by atoms with Gasteiger partial charge in [0.25, 0.3) is 0 Å². The molecule has 0 spiro atoms. The first kappa shape index (κ1) is 12.2. The molecule has 0 amide bonds. The van der Waals surface area contributed by atoms with Crippen molar-refractivity contribution in [3.05, 3.63) is 11.6 Å². The molecule has 0 N–H and O–H groups in total. The second kappa shape index (κ2) is 5.86. The summed E-state index contributed by atoms with van der Waals surface area (Å²) < 4.78 is 5.73. The fraction of sp³-hybridized carbons (Fsp3) is 0.867. The minimum Gasteiger partial charge on any atom is -0.378 e. The zero-order valence-electron chi connectivity index (χ0n) is 10.9. The molecule has 1 aliphatic heterocycles. The van der Waals surface area contributed by atoms with Crippen molar-refractivity contribution in [2.75, 3.05) is 6.61 Å². The van der Waals surface area contributed by atoms with Crippen LogP contribution >= 0.6 is 0 Å². The summed E-state index contributed by atoms with van der Waals surface area (Å²) in [6.45, 7) is 5.57. The van der Waals surface area contributed by atoms with E-state index in [9.17, 15) is 0 Å². The third-order valence-electron chi connectivity index (χ3n) is 4.24. The largest absolute Gasteiger partial charge is 0.378 e. The zero-order valence-corrected chi connectivity index (χ0v) is 10.9. The van der Waals surface area contributed by atoms with E-state index in [4.69, 9.17) is 4.74 Å². The molecule has 3 unspecified atom stereocenters. The van der Waals surface area contributed by atoms with E-state index in [1.807, 2.05) is 0 Å². The van der Waals surface area contributed by atoms with Gasteiger partial charge in [-0.3, -0.25) is 0 Å². The van der Waals surface area contributed by atoms with E-state index in [1.165, 1.54) is 44.9 Å². The highest BCUT2D eigenvalue weighted by atomic mass is 16.5. The predicted octanol–water partition coefficient (Wildman–Crippen LogP) is 4.33. The van der Waals surface area contributed by atoms with Crippen LogP contribution in [0.5, 0.6) is 0 Å². The van der Waals surface area contributed by atoms with Gasteiger partial charge in [0, 0.05) is 6.61 Å². The lowest BCUT2D eigenvalue weighted by Gasteiger charge is -2.27. The van der Waals surface area contributed by atoms with Gasteiger partial charge in [0.2, 0.25) is 0 Å². The van der Waals surface area contributed by atoms with Gasteiger partial charge in [-0.15, -0.1) is 0 Å². The second-order valence-electron chi connectivity index (χ2n) is 5.87. The van der Waals surface area contributed by atoms with Gasteiger partial charge in [0.1, 0.15) is 0 Å². The maximum atomic E-state index is 5.73. The Morgan fingerprint density at radius 1 is 1.25 bits per heavy atom. The monoisotopic (exact) mass is 222 g/mol. The third kappa shape index (κ3) is 3.62. The smallest absolute Gasteiger partial charge is 0.0547 e. The maximum Gasteiger partial charge on any atom is 0.0547 e. The van der Waals surface area contributed by atoms with Crippen molar-refractivity contribution < 1.29 is 4.74 Å². The molecule has 16 heavy (non-hydrogen) atoms. The highest BCUT2D eigenvalue weighted by Gasteiger charge is 2.19. The fourth-order valence-electron chi connectivity index (χ4n) is 2.80. The SMILES string of the molecule is CC1CC=C(CCC2CCC(C)OC2)CC1. The van der Waals surface area contributed by atoms with Crippen molar-refractivity contribution in [2.45, 2.75) is 64.9 Å². The van der Waals surface area contributed by atoms with Crippen LogP contribution in [0.4, 0.5) is 0 Å². The van der Waals surface area contributed by atoms with Crippen molar-refractivity contribution in [2.24, 2.45) is 11.8 Å². The summed E-state index contributed by atoms with van der Waals surface area (Å²) in [7, 11) is 0. The van der Waals surface area contributed by atoms with E-state index in [0.717, 1.165) is 18.4 Å². The topological polar surface area (TPSA) is 9.23 Å². The number of hydrogen-bond acceptors (Lipinski definition) is 1. The summed E-state index contributed by atoms with van der Waals surface area (Å²) >= 11 is 0. The molecule has 1 heteroatoms. The summed E-state index contributed by atoms with van der Waals surface area (Å²) in [5.74, 6) is 1.75. The maximum absolute atomic E-state index is 5.73. The van der Waals surface area contributed by atoms with Crippen LogP contribution in [0.2, 0.25) is 0 Å². The Kier molecular flexibility index (Phi) is 4.45. The average molecular weight is 222 g/mol.